The van der Waals surface area contributed by atoms with Crippen LogP contribution in [0.1, 0.15) is 5.56 Å². The lowest BCUT2D eigenvalue weighted by Gasteiger charge is -1.85. The van der Waals surface area contributed by atoms with E-state index in [9.17, 15) is 0 Å². The van der Waals surface area contributed by atoms with E-state index in [1.54, 1.807) is 5.38 Å². The van der Waals surface area contributed by atoms with E-state index in [1.807, 2.05) is 6.07 Å². The molecule has 0 bridgehead atoms. The van der Waals surface area contributed by atoms with Crippen molar-refractivity contribution < 1.29 is 0 Å². The Hall–Kier alpha value is -1.21. The fraction of sp³-hybridized carbons (Fsp3) is 0. The predicted octanol–water partition coefficient (Wildman–Crippen LogP) is 0.784. The highest BCUT2D eigenvalue weighted by Crippen LogP contribution is 2.26. The van der Waals surface area contributed by atoms with Crippen molar-refractivity contribution in [2.75, 3.05) is 11.5 Å². The number of nitrogens with two attached hydrogens (primary N) is 2. The number of hydrogen-bond donors (Lipinski definition) is 2. The summed E-state index contributed by atoms with van der Waals surface area (Å²) in [7, 11) is 0. The topological polar surface area (TPSA) is 75.8 Å². The molecule has 0 unspecified atom stereocenters. The lowest BCUT2D eigenvalue weighted by Crippen LogP contribution is -1.90. The highest BCUT2D eigenvalue weighted by Gasteiger charge is 2.02. The molecule has 46 valence electrons. The molecule has 4 N–H and O–H groups in total. The Labute approximate surface area is 56.5 Å². The predicted molar refractivity (Wildman–Crippen MR) is 37.9 cm³/mol. The van der Waals surface area contributed by atoms with Crippen LogP contribution in [-0.4, -0.2) is 0 Å². The Morgan fingerprint density at radius 1 is 1.56 bits per heavy atom. The number of hydrogen-bond acceptors (Lipinski definition) is 4. The summed E-state index contributed by atoms with van der Waals surface area (Å²) < 4.78 is 0. The summed E-state index contributed by atoms with van der Waals surface area (Å²) in [4.78, 5) is 0. The van der Waals surface area contributed by atoms with Crippen LogP contribution in [0.2, 0.25) is 0 Å². The van der Waals surface area contributed by atoms with Crippen molar-refractivity contribution in [1.82, 2.24) is 0 Å². The third-order valence-electron chi connectivity index (χ3n) is 0.980. The largest absolute Gasteiger partial charge is 0.395 e. The summed E-state index contributed by atoms with van der Waals surface area (Å²) >= 11 is 1.29. The lowest BCUT2D eigenvalue weighted by molar-refractivity contribution is 1.51. The van der Waals surface area contributed by atoms with Crippen LogP contribution in [0, 0.1) is 11.3 Å². The first-order valence-electron chi connectivity index (χ1n) is 2.28. The molecule has 0 atom stereocenters. The van der Waals surface area contributed by atoms with Crippen LogP contribution in [0.5, 0.6) is 0 Å². The van der Waals surface area contributed by atoms with Gasteiger partial charge in [0, 0.05) is 5.38 Å². The third kappa shape index (κ3) is 0.819. The zero-order chi connectivity index (χ0) is 6.85. The summed E-state index contributed by atoms with van der Waals surface area (Å²) in [6.45, 7) is 0. The van der Waals surface area contributed by atoms with E-state index in [0.717, 1.165) is 0 Å². The Kier molecular flexibility index (Phi) is 1.29. The van der Waals surface area contributed by atoms with Crippen LogP contribution in [0.4, 0.5) is 10.7 Å². The number of thiophene rings is 1. The Morgan fingerprint density at radius 2 is 2.22 bits per heavy atom. The van der Waals surface area contributed by atoms with Gasteiger partial charge in [0.05, 0.1) is 11.3 Å². The fourth-order valence-corrected chi connectivity index (χ4v) is 1.13. The summed E-state index contributed by atoms with van der Waals surface area (Å²) in [6, 6.07) is 1.92. The van der Waals surface area contributed by atoms with E-state index in [1.165, 1.54) is 11.3 Å². The van der Waals surface area contributed by atoms with Gasteiger partial charge in [0.25, 0.3) is 0 Å². The molecule has 0 saturated carbocycles. The minimum atomic E-state index is 0.405. The maximum atomic E-state index is 8.35. The van der Waals surface area contributed by atoms with Gasteiger partial charge in [-0.25, -0.2) is 0 Å². The maximum absolute atomic E-state index is 8.35. The molecule has 0 saturated heterocycles. The van der Waals surface area contributed by atoms with Gasteiger partial charge in [0.15, 0.2) is 0 Å². The molecule has 0 aliphatic heterocycles. The molecule has 0 aliphatic carbocycles. The zero-order valence-electron chi connectivity index (χ0n) is 4.59. The molecule has 0 aliphatic rings. The zero-order valence-corrected chi connectivity index (χ0v) is 5.40. The normalized spacial score (nSPS) is 8.78. The van der Waals surface area contributed by atoms with Crippen LogP contribution < -0.4 is 11.5 Å². The van der Waals surface area contributed by atoms with Crippen LogP contribution in [-0.2, 0) is 0 Å². The van der Waals surface area contributed by atoms with E-state index in [4.69, 9.17) is 16.7 Å². The molecular weight excluding hydrogens is 134 g/mol. The van der Waals surface area contributed by atoms with Crippen molar-refractivity contribution in [1.29, 1.82) is 5.26 Å². The van der Waals surface area contributed by atoms with Gasteiger partial charge < -0.3 is 11.5 Å². The van der Waals surface area contributed by atoms with E-state index in [0.29, 0.717) is 16.3 Å². The van der Waals surface area contributed by atoms with Crippen LogP contribution in [0.3, 0.4) is 0 Å². The van der Waals surface area contributed by atoms with E-state index < -0.39 is 0 Å². The van der Waals surface area contributed by atoms with Crippen molar-refractivity contribution in [2.45, 2.75) is 0 Å². The highest BCUT2D eigenvalue weighted by atomic mass is 32.1. The van der Waals surface area contributed by atoms with Crippen LogP contribution >= 0.6 is 11.3 Å². The Morgan fingerprint density at radius 3 is 2.44 bits per heavy atom. The maximum Gasteiger partial charge on any atom is 0.110 e. The van der Waals surface area contributed by atoms with Crippen molar-refractivity contribution in [3.63, 3.8) is 0 Å². The average molecular weight is 139 g/mol. The van der Waals surface area contributed by atoms with Crippen molar-refractivity contribution in [3.05, 3.63) is 10.9 Å². The SMILES string of the molecule is N#Cc1csc(N)c1N. The molecule has 0 aromatic carbocycles. The van der Waals surface area contributed by atoms with Gasteiger partial charge in [0.2, 0.25) is 0 Å². The van der Waals surface area contributed by atoms with E-state index in [-0.39, 0.29) is 0 Å². The standard InChI is InChI=1S/C5H5N3S/c6-1-3-2-9-5(8)4(3)7/h2H,7-8H2. The number of nitrogen functional groups attached to an aromatic ring is 2. The number of rotatable bonds is 0. The second kappa shape index (κ2) is 1.96. The highest BCUT2D eigenvalue weighted by molar-refractivity contribution is 7.14. The second-order valence-corrected chi connectivity index (χ2v) is 2.45. The summed E-state index contributed by atoms with van der Waals surface area (Å²) in [6.07, 6.45) is 0. The first-order valence-corrected chi connectivity index (χ1v) is 3.16. The number of anilines is 2. The third-order valence-corrected chi connectivity index (χ3v) is 1.81. The van der Waals surface area contributed by atoms with Crippen molar-refractivity contribution in [2.24, 2.45) is 0 Å². The van der Waals surface area contributed by atoms with E-state index in [2.05, 4.69) is 0 Å². The van der Waals surface area contributed by atoms with Gasteiger partial charge in [-0.15, -0.1) is 11.3 Å². The molecule has 1 heterocycles. The van der Waals surface area contributed by atoms with Gasteiger partial charge in [-0.2, -0.15) is 5.26 Å². The smallest absolute Gasteiger partial charge is 0.110 e. The van der Waals surface area contributed by atoms with Crippen molar-refractivity contribution >= 4 is 22.0 Å². The van der Waals surface area contributed by atoms with Crippen molar-refractivity contribution in [3.8, 4) is 6.07 Å². The van der Waals surface area contributed by atoms with Crippen LogP contribution in [0.15, 0.2) is 5.38 Å². The molecule has 0 spiro atoms. The first-order chi connectivity index (χ1) is 4.25. The van der Waals surface area contributed by atoms with Gasteiger partial charge in [-0.1, -0.05) is 0 Å². The van der Waals surface area contributed by atoms with Gasteiger partial charge in [-0.3, -0.25) is 0 Å². The monoisotopic (exact) mass is 139 g/mol. The lowest BCUT2D eigenvalue weighted by atomic mass is 10.3. The number of nitriles is 1. The Balaban J connectivity index is 3.24. The molecule has 0 amide bonds. The minimum absolute atomic E-state index is 0.405. The van der Waals surface area contributed by atoms with Gasteiger partial charge in [-0.05, 0) is 0 Å². The molecule has 1 aromatic rings. The molecule has 1 rings (SSSR count). The molecule has 0 radical (unpaired) electrons. The van der Waals surface area contributed by atoms with Gasteiger partial charge >= 0.3 is 0 Å². The quantitative estimate of drug-likeness (QED) is 0.557. The minimum Gasteiger partial charge on any atom is -0.395 e. The molecular formula is C5H5N3S. The van der Waals surface area contributed by atoms with Crippen LogP contribution in [0.25, 0.3) is 0 Å². The summed E-state index contributed by atoms with van der Waals surface area (Å²) in [5, 5.41) is 10.5. The average Bonchev–Trinajstić information content (AvgIpc) is 2.15. The number of nitrogens with zero attached hydrogens (tertiary/aromatic N) is 1. The molecule has 1 aromatic heterocycles. The van der Waals surface area contributed by atoms with Gasteiger partial charge in [0.1, 0.15) is 11.1 Å². The molecule has 0 fully saturated rings. The molecule has 3 nitrogen and oxygen atoms in total. The Bertz CT molecular complexity index is 258. The van der Waals surface area contributed by atoms with E-state index >= 15 is 0 Å². The molecule has 9 heavy (non-hydrogen) atoms. The summed E-state index contributed by atoms with van der Waals surface area (Å²) in [5.74, 6) is 0. The summed E-state index contributed by atoms with van der Waals surface area (Å²) in [5.41, 5.74) is 11.6. The fourth-order valence-electron chi connectivity index (χ4n) is 0.469. The first kappa shape index (κ1) is 5.92. The molecule has 4 heteroatoms. The second-order valence-electron chi connectivity index (χ2n) is 1.54.